The van der Waals surface area contributed by atoms with E-state index in [1.807, 2.05) is 91.4 Å². The maximum Gasteiger partial charge on any atom is 0.165 e. The number of hydrogen-bond acceptors (Lipinski definition) is 12. The molecular weight excluding hydrogens is 2290 g/mol. The van der Waals surface area contributed by atoms with Crippen LogP contribution in [-0.2, 0) is 125 Å². The monoisotopic (exact) mass is 2440 g/mol. The molecule has 15 heteroatoms. The molecule has 0 N–H and O–H groups in total. The molecule has 0 unspecified atom stereocenters. The fraction of sp³-hybridized carbons (Fsp3) is 0.395. The van der Waals surface area contributed by atoms with E-state index in [0.29, 0.717) is 52.4 Å². The van der Waals surface area contributed by atoms with Gasteiger partial charge in [0.25, 0.3) is 0 Å². The summed E-state index contributed by atoms with van der Waals surface area (Å²) in [7, 11) is 0. The van der Waals surface area contributed by atoms with Gasteiger partial charge in [-0.25, -0.2) is 44.9 Å². The summed E-state index contributed by atoms with van der Waals surface area (Å²) < 4.78 is 0. The summed E-state index contributed by atoms with van der Waals surface area (Å²) >= 11 is 0. The van der Waals surface area contributed by atoms with E-state index in [4.69, 9.17) is 59.8 Å². The molecule has 12 nitrogen and oxygen atoms in total. The van der Waals surface area contributed by atoms with Gasteiger partial charge in [0, 0.05) is 129 Å². The number of nitrogens with zero attached hydrogens (tertiary/aromatic N) is 12. The molecular formula is C129H147Ir3N12-3. The predicted octanol–water partition coefficient (Wildman–Crippen LogP) is 32.8. The molecule has 0 bridgehead atoms. The van der Waals surface area contributed by atoms with Crippen molar-refractivity contribution in [1.82, 2.24) is 59.8 Å². The minimum atomic E-state index is -0.0492. The van der Waals surface area contributed by atoms with Crippen LogP contribution in [0.5, 0.6) is 0 Å². The third kappa shape index (κ3) is 20.7. The molecule has 15 aromatic rings. The summed E-state index contributed by atoms with van der Waals surface area (Å²) in [4.78, 5) is 59.9. The van der Waals surface area contributed by atoms with Crippen LogP contribution in [0.4, 0.5) is 0 Å². The third-order valence-corrected chi connectivity index (χ3v) is 34.0. The first-order valence-corrected chi connectivity index (χ1v) is 50.5. The Balaban J connectivity index is 0.000000182. The van der Waals surface area contributed by atoms with Crippen LogP contribution < -0.4 is 0 Å². The molecule has 18 rings (SSSR count). The second kappa shape index (κ2) is 39.2. The maximum atomic E-state index is 5.28. The van der Waals surface area contributed by atoms with Crippen LogP contribution in [0, 0.1) is 34.4 Å². The summed E-state index contributed by atoms with van der Waals surface area (Å²) in [6.07, 6.45) is 5.65. The van der Waals surface area contributed by atoms with Crippen LogP contribution in [-0.4, -0.2) is 59.8 Å². The van der Waals surface area contributed by atoms with Crippen molar-refractivity contribution in [2.75, 3.05) is 0 Å². The van der Waals surface area contributed by atoms with E-state index in [2.05, 4.69) is 413 Å². The number of pyridine rings is 3. The summed E-state index contributed by atoms with van der Waals surface area (Å²) in [6, 6.07) is 87.5. The van der Waals surface area contributed by atoms with Gasteiger partial charge in [0.1, 0.15) is 0 Å². The van der Waals surface area contributed by atoms with Gasteiger partial charge in [-0.1, -0.05) is 407 Å². The van der Waals surface area contributed by atoms with Gasteiger partial charge < -0.3 is 15.0 Å². The average molecular weight is 2440 g/mol. The largest absolute Gasteiger partial charge is 0.304 e. The summed E-state index contributed by atoms with van der Waals surface area (Å²) in [5, 5.41) is 0. The quantitative estimate of drug-likeness (QED) is 0.107. The predicted molar refractivity (Wildman–Crippen MR) is 586 cm³/mol. The molecule has 0 aliphatic heterocycles. The SMILES string of the molecule is CC(C)(C)c1cc(-c2nc(-c3ccc(-c4[c-]cc5c(c4)C(C)(C)C(C)(C)C5(C)C)nc3)nc(-c3cc(C(C)(C)C)cc(C(C)(C)C)c3)n2)cc(C(C)(C)C)c1.CC(C)(C)c1ccc(-c2nc(-c3ccc(C(C)(C)C)cc3)nc(-c3ccc(-c4[c-]cc5c(c4)C(C)(C)C(C)(C)C5(C)C)nc3)n2)cc1.CC1(C)c2c[c-]c(-c3ccc(-c4nc(-c5ccccc5)nc(-c5ccccc5)n4)cn3)cc2C(C)(C)C1(C)C.[Ir].[Ir].[Ir]. The van der Waals surface area contributed by atoms with Crippen molar-refractivity contribution in [2.45, 2.75) is 314 Å². The van der Waals surface area contributed by atoms with Crippen molar-refractivity contribution in [1.29, 1.82) is 0 Å². The van der Waals surface area contributed by atoms with Crippen molar-refractivity contribution >= 4 is 0 Å². The Kier molecular flexibility index (Phi) is 30.1. The molecule has 753 valence electrons. The second-order valence-corrected chi connectivity index (χ2v) is 50.8. The van der Waals surface area contributed by atoms with E-state index < -0.39 is 0 Å². The smallest absolute Gasteiger partial charge is 0.165 e. The van der Waals surface area contributed by atoms with E-state index in [1.54, 1.807) is 0 Å². The molecule has 0 saturated carbocycles. The first kappa shape index (κ1) is 111. The first-order chi connectivity index (χ1) is 65.4. The molecule has 9 aromatic carbocycles. The summed E-state index contributed by atoms with van der Waals surface area (Å²) in [5.74, 6) is 5.72. The number of benzene rings is 9. The zero-order chi connectivity index (χ0) is 102. The summed E-state index contributed by atoms with van der Waals surface area (Å²) in [6.45, 7) is 83.2. The van der Waals surface area contributed by atoms with Gasteiger partial charge in [0.15, 0.2) is 52.4 Å². The van der Waals surface area contributed by atoms with Crippen molar-refractivity contribution in [3.63, 3.8) is 0 Å². The van der Waals surface area contributed by atoms with Gasteiger partial charge >= 0.3 is 0 Å². The van der Waals surface area contributed by atoms with Crippen LogP contribution >= 0.6 is 0 Å². The maximum absolute atomic E-state index is 5.28. The standard InChI is InChI=1S/C51H65N4.C43H49N4.C35H33N4.3Ir/c1-45(2,3)35-23-33(24-36(28-35)46(4,5)6)43-53-42(54-44(55-43)34-25-37(47(7,8)9)29-38(26-34)48(10,11)12)32-20-22-41(52-30-32)31-19-21-39-40(27-31)50(15,16)51(17,18)49(39,13)14;1-39(2,3)31-19-13-27(14-20-31)36-45-37(28-15-21-32(22-16-28)40(4,5)6)47-38(46-36)30-18-24-35(44-26-30)29-17-23-33-34(25-29)42(9,10)43(11,12)41(33,7)8;1-33(2)27-19-17-25(21-28(27)34(3,4)35(33,5)6)29-20-18-26(22-36-29)32-38-30(23-13-9-7-10-14-23)37-31(39-32)24-15-11-8-12-16-24;;;/h20-30H,1-18H3;13-16,18-26H,1-12H3;7-16,18-22H,1-6H3;;;/q3*-1;;;. The average Bonchev–Trinajstić information content (AvgIpc) is 1.55. The zero-order valence-corrected chi connectivity index (χ0v) is 99.1. The normalized spacial score (nSPS) is 16.2. The molecule has 3 radical (unpaired) electrons. The fourth-order valence-corrected chi connectivity index (χ4v) is 20.4. The molecule has 0 atom stereocenters. The number of hydrogen-bond donors (Lipinski definition) is 0. The zero-order valence-electron chi connectivity index (χ0n) is 91.9. The molecule has 0 amide bonds. The van der Waals surface area contributed by atoms with E-state index in [-0.39, 0.29) is 142 Å². The minimum Gasteiger partial charge on any atom is -0.304 e. The molecule has 6 heterocycles. The van der Waals surface area contributed by atoms with E-state index in [0.717, 1.165) is 83.8 Å². The minimum absolute atomic E-state index is 0. The van der Waals surface area contributed by atoms with Gasteiger partial charge in [-0.05, 0) is 156 Å². The van der Waals surface area contributed by atoms with Crippen molar-refractivity contribution in [3.8, 4) is 136 Å². The van der Waals surface area contributed by atoms with Crippen LogP contribution in [0.1, 0.15) is 316 Å². The van der Waals surface area contributed by atoms with Gasteiger partial charge in [-0.15, -0.1) is 105 Å². The second-order valence-electron chi connectivity index (χ2n) is 50.8. The van der Waals surface area contributed by atoms with Crippen LogP contribution in [0.3, 0.4) is 0 Å². The van der Waals surface area contributed by atoms with Crippen molar-refractivity contribution < 1.29 is 60.3 Å². The van der Waals surface area contributed by atoms with Gasteiger partial charge in [0.05, 0.1) is 0 Å². The Morgan fingerprint density at radius 1 is 0.188 bits per heavy atom. The van der Waals surface area contributed by atoms with Gasteiger partial charge in [0.2, 0.25) is 0 Å². The number of rotatable bonds is 12. The first-order valence-electron chi connectivity index (χ1n) is 50.5. The van der Waals surface area contributed by atoms with Gasteiger partial charge in [-0.2, -0.15) is 0 Å². The third-order valence-electron chi connectivity index (χ3n) is 34.0. The van der Waals surface area contributed by atoms with E-state index in [9.17, 15) is 0 Å². The number of fused-ring (bicyclic) bond motifs is 3. The molecule has 3 aliphatic rings. The molecule has 6 aromatic heterocycles. The number of aromatic nitrogens is 12. The Hall–Kier alpha value is -10.6. The molecule has 0 fully saturated rings. The van der Waals surface area contributed by atoms with Crippen molar-refractivity contribution in [2.24, 2.45) is 16.2 Å². The molecule has 0 spiro atoms. The summed E-state index contributed by atoms with van der Waals surface area (Å²) in [5.41, 5.74) is 30.3. The Morgan fingerprint density at radius 3 is 0.576 bits per heavy atom. The van der Waals surface area contributed by atoms with Crippen LogP contribution in [0.2, 0.25) is 0 Å². The topological polar surface area (TPSA) is 155 Å². The van der Waals surface area contributed by atoms with Crippen LogP contribution in [0.15, 0.2) is 237 Å². The van der Waals surface area contributed by atoms with E-state index >= 15 is 0 Å². The molecule has 0 saturated heterocycles. The Bertz CT molecular complexity index is 6940. The van der Waals surface area contributed by atoms with Crippen molar-refractivity contribution in [3.05, 3.63) is 322 Å². The fourth-order valence-electron chi connectivity index (χ4n) is 20.4. The molecule has 144 heavy (non-hydrogen) atoms. The Morgan fingerprint density at radius 2 is 0.375 bits per heavy atom. The molecule has 3 aliphatic carbocycles. The Labute approximate surface area is 901 Å². The van der Waals surface area contributed by atoms with Gasteiger partial charge in [-0.3, -0.25) is 0 Å². The van der Waals surface area contributed by atoms with E-state index in [1.165, 1.54) is 66.8 Å². The van der Waals surface area contributed by atoms with Crippen LogP contribution in [0.25, 0.3) is 136 Å².